The average molecular weight is 321 g/mol. The summed E-state index contributed by atoms with van der Waals surface area (Å²) in [6, 6.07) is -0.146. The lowest BCUT2D eigenvalue weighted by molar-refractivity contribution is -0.147. The predicted molar refractivity (Wildman–Crippen MR) is 87.0 cm³/mol. The monoisotopic (exact) mass is 321 g/mol. The van der Waals surface area contributed by atoms with Crippen LogP contribution in [-0.4, -0.2) is 35.2 Å². The molecule has 1 aromatic rings. The molecule has 1 aromatic heterocycles. The summed E-state index contributed by atoms with van der Waals surface area (Å²) in [5, 5.41) is 10.2. The zero-order chi connectivity index (χ0) is 17.0. The van der Waals surface area contributed by atoms with Crippen LogP contribution in [-0.2, 0) is 14.3 Å². The molecule has 0 saturated heterocycles. The fraction of sp³-hybridized carbons (Fsp3) is 0.706. The standard InChI is InChI=1S/C17H27N3O3/c1-10(15-11(2)19-20-12(15)3)16(21)18-14-9-7-5-6-8-13(14)17(22)23-4/h10,13-14H,5-9H2,1-4H3,(H,18,21)(H,19,20)/t10-,13-,14-/m1/s1. The number of hydrogen-bond donors (Lipinski definition) is 2. The first kappa shape index (κ1) is 17.5. The highest BCUT2D eigenvalue weighted by Gasteiger charge is 2.33. The normalized spacial score (nSPS) is 23.0. The molecule has 23 heavy (non-hydrogen) atoms. The van der Waals surface area contributed by atoms with Crippen molar-refractivity contribution >= 4 is 11.9 Å². The number of amides is 1. The number of aromatic amines is 1. The SMILES string of the molecule is COC(=O)[C@@H]1CCCCC[C@H]1NC(=O)[C@H](C)c1c(C)n[nH]c1C. The maximum absolute atomic E-state index is 12.7. The van der Waals surface area contributed by atoms with Crippen LogP contribution in [0.15, 0.2) is 0 Å². The molecule has 0 aromatic carbocycles. The van der Waals surface area contributed by atoms with Crippen LogP contribution in [0.3, 0.4) is 0 Å². The van der Waals surface area contributed by atoms with E-state index in [0.29, 0.717) is 0 Å². The van der Waals surface area contributed by atoms with Crippen LogP contribution in [0.4, 0.5) is 0 Å². The van der Waals surface area contributed by atoms with Crippen molar-refractivity contribution in [2.45, 2.75) is 64.8 Å². The molecule has 0 radical (unpaired) electrons. The second-order valence-electron chi connectivity index (χ2n) is 6.45. The van der Waals surface area contributed by atoms with E-state index < -0.39 is 0 Å². The summed E-state index contributed by atoms with van der Waals surface area (Å²) >= 11 is 0. The molecule has 1 aliphatic carbocycles. The number of nitrogens with zero attached hydrogens (tertiary/aromatic N) is 1. The molecular weight excluding hydrogens is 294 g/mol. The van der Waals surface area contributed by atoms with Gasteiger partial charge in [-0.15, -0.1) is 0 Å². The smallest absolute Gasteiger partial charge is 0.310 e. The Bertz CT molecular complexity index is 548. The van der Waals surface area contributed by atoms with Gasteiger partial charge >= 0.3 is 5.97 Å². The molecule has 2 rings (SSSR count). The van der Waals surface area contributed by atoms with Gasteiger partial charge in [-0.2, -0.15) is 5.10 Å². The number of aryl methyl sites for hydroxylation is 2. The third kappa shape index (κ3) is 3.92. The van der Waals surface area contributed by atoms with E-state index in [1.165, 1.54) is 7.11 Å². The van der Waals surface area contributed by atoms with Crippen LogP contribution in [0, 0.1) is 19.8 Å². The van der Waals surface area contributed by atoms with Gasteiger partial charge in [0.15, 0.2) is 0 Å². The van der Waals surface area contributed by atoms with Gasteiger partial charge in [0.25, 0.3) is 0 Å². The number of methoxy groups -OCH3 is 1. The molecule has 0 aliphatic heterocycles. The maximum atomic E-state index is 12.7. The molecule has 1 aliphatic rings. The van der Waals surface area contributed by atoms with Gasteiger partial charge in [0, 0.05) is 17.3 Å². The highest BCUT2D eigenvalue weighted by molar-refractivity contribution is 5.85. The third-order valence-corrected chi connectivity index (χ3v) is 4.86. The first-order valence-corrected chi connectivity index (χ1v) is 8.35. The van der Waals surface area contributed by atoms with Crippen LogP contribution >= 0.6 is 0 Å². The molecule has 128 valence electrons. The minimum Gasteiger partial charge on any atom is -0.469 e. The van der Waals surface area contributed by atoms with Crippen molar-refractivity contribution < 1.29 is 14.3 Å². The van der Waals surface area contributed by atoms with Crippen LogP contribution in [0.25, 0.3) is 0 Å². The Kier molecular flexibility index (Phi) is 5.80. The summed E-state index contributed by atoms with van der Waals surface area (Å²) in [6.07, 6.45) is 4.71. The van der Waals surface area contributed by atoms with E-state index >= 15 is 0 Å². The number of rotatable bonds is 4. The van der Waals surface area contributed by atoms with Crippen molar-refractivity contribution in [3.8, 4) is 0 Å². The van der Waals surface area contributed by atoms with Crippen molar-refractivity contribution in [3.05, 3.63) is 17.0 Å². The molecule has 6 heteroatoms. The second kappa shape index (κ2) is 7.62. The van der Waals surface area contributed by atoms with E-state index in [9.17, 15) is 9.59 Å². The number of ether oxygens (including phenoxy) is 1. The highest BCUT2D eigenvalue weighted by Crippen LogP contribution is 2.27. The van der Waals surface area contributed by atoms with Crippen molar-refractivity contribution in [1.82, 2.24) is 15.5 Å². The quantitative estimate of drug-likeness (QED) is 0.658. The Morgan fingerprint density at radius 1 is 1.26 bits per heavy atom. The minimum absolute atomic E-state index is 0.0570. The molecule has 1 fully saturated rings. The van der Waals surface area contributed by atoms with Gasteiger partial charge in [0.05, 0.1) is 24.6 Å². The lowest BCUT2D eigenvalue weighted by atomic mass is 9.92. The summed E-state index contributed by atoms with van der Waals surface area (Å²) < 4.78 is 4.92. The van der Waals surface area contributed by atoms with Gasteiger partial charge in [0.2, 0.25) is 5.91 Å². The molecular formula is C17H27N3O3. The van der Waals surface area contributed by atoms with Gasteiger partial charge in [-0.1, -0.05) is 19.3 Å². The Balaban J connectivity index is 2.11. The van der Waals surface area contributed by atoms with Crippen LogP contribution < -0.4 is 5.32 Å². The van der Waals surface area contributed by atoms with Gasteiger partial charge < -0.3 is 10.1 Å². The fourth-order valence-electron chi connectivity index (χ4n) is 3.55. The van der Waals surface area contributed by atoms with E-state index in [0.717, 1.165) is 49.1 Å². The maximum Gasteiger partial charge on any atom is 0.310 e. The highest BCUT2D eigenvalue weighted by atomic mass is 16.5. The van der Waals surface area contributed by atoms with Crippen molar-refractivity contribution in [1.29, 1.82) is 0 Å². The first-order valence-electron chi connectivity index (χ1n) is 8.35. The Labute approximate surface area is 137 Å². The van der Waals surface area contributed by atoms with Crippen LogP contribution in [0.1, 0.15) is 61.9 Å². The van der Waals surface area contributed by atoms with E-state index in [1.54, 1.807) is 0 Å². The zero-order valence-corrected chi connectivity index (χ0v) is 14.4. The number of carbonyl (C=O) groups excluding carboxylic acids is 2. The Hall–Kier alpha value is -1.85. The number of carbonyl (C=O) groups is 2. The number of aromatic nitrogens is 2. The average Bonchev–Trinajstić information content (AvgIpc) is 2.74. The molecule has 0 unspecified atom stereocenters. The van der Waals surface area contributed by atoms with Crippen molar-refractivity contribution in [2.75, 3.05) is 7.11 Å². The summed E-state index contributed by atoms with van der Waals surface area (Å²) in [5.41, 5.74) is 2.69. The molecule has 6 nitrogen and oxygen atoms in total. The largest absolute Gasteiger partial charge is 0.469 e. The van der Waals surface area contributed by atoms with E-state index in [4.69, 9.17) is 4.74 Å². The van der Waals surface area contributed by atoms with E-state index in [-0.39, 0.29) is 29.8 Å². The van der Waals surface area contributed by atoms with Gasteiger partial charge in [-0.3, -0.25) is 14.7 Å². The first-order chi connectivity index (χ1) is 11.0. The third-order valence-electron chi connectivity index (χ3n) is 4.86. The van der Waals surface area contributed by atoms with Crippen molar-refractivity contribution in [3.63, 3.8) is 0 Å². The summed E-state index contributed by atoms with van der Waals surface area (Å²) in [6.45, 7) is 5.69. The fourth-order valence-corrected chi connectivity index (χ4v) is 3.55. The van der Waals surface area contributed by atoms with E-state index in [2.05, 4.69) is 15.5 Å². The van der Waals surface area contributed by atoms with Crippen molar-refractivity contribution in [2.24, 2.45) is 5.92 Å². The molecule has 1 amide bonds. The van der Waals surface area contributed by atoms with Crippen LogP contribution in [0.5, 0.6) is 0 Å². The molecule has 1 heterocycles. The zero-order valence-electron chi connectivity index (χ0n) is 14.4. The molecule has 0 spiro atoms. The number of esters is 1. The summed E-state index contributed by atoms with van der Waals surface area (Å²) in [4.78, 5) is 24.7. The van der Waals surface area contributed by atoms with Gasteiger partial charge in [0.1, 0.15) is 0 Å². The lowest BCUT2D eigenvalue weighted by Crippen LogP contribution is -2.44. The number of H-pyrrole nitrogens is 1. The Morgan fingerprint density at radius 3 is 2.57 bits per heavy atom. The number of hydrogen-bond acceptors (Lipinski definition) is 4. The molecule has 1 saturated carbocycles. The van der Waals surface area contributed by atoms with Crippen LogP contribution in [0.2, 0.25) is 0 Å². The van der Waals surface area contributed by atoms with E-state index in [1.807, 2.05) is 20.8 Å². The lowest BCUT2D eigenvalue weighted by Gasteiger charge is -2.25. The molecule has 3 atom stereocenters. The minimum atomic E-state index is -0.296. The number of nitrogens with one attached hydrogen (secondary N) is 2. The van der Waals surface area contributed by atoms with Gasteiger partial charge in [-0.05, 0) is 33.6 Å². The summed E-state index contributed by atoms with van der Waals surface area (Å²) in [5.74, 6) is -0.820. The Morgan fingerprint density at radius 2 is 1.96 bits per heavy atom. The summed E-state index contributed by atoms with van der Waals surface area (Å²) in [7, 11) is 1.41. The second-order valence-corrected chi connectivity index (χ2v) is 6.45. The molecule has 0 bridgehead atoms. The van der Waals surface area contributed by atoms with Gasteiger partial charge in [-0.25, -0.2) is 0 Å². The predicted octanol–water partition coefficient (Wildman–Crippen LogP) is 2.37. The molecule has 2 N–H and O–H groups in total. The topological polar surface area (TPSA) is 84.1 Å².